The molecule has 1 aromatic heterocycles. The summed E-state index contributed by atoms with van der Waals surface area (Å²) in [4.78, 5) is 0.206. The van der Waals surface area contributed by atoms with E-state index in [0.29, 0.717) is 17.9 Å². The van der Waals surface area contributed by atoms with Gasteiger partial charge in [-0.25, -0.2) is 13.1 Å². The maximum absolute atomic E-state index is 12.6. The van der Waals surface area contributed by atoms with E-state index < -0.39 is 10.0 Å². The van der Waals surface area contributed by atoms with Crippen LogP contribution in [0, 0.1) is 6.92 Å². The maximum Gasteiger partial charge on any atom is 0.244 e. The highest BCUT2D eigenvalue weighted by Crippen LogP contribution is 2.38. The molecule has 1 aliphatic carbocycles. The van der Waals surface area contributed by atoms with Crippen LogP contribution in [-0.4, -0.2) is 36.2 Å². The molecule has 120 valence electrons. The lowest BCUT2D eigenvalue weighted by Gasteiger charge is -2.35. The molecule has 0 unspecified atom stereocenters. The zero-order chi connectivity index (χ0) is 15.5. The van der Waals surface area contributed by atoms with Crippen LogP contribution in [-0.2, 0) is 16.6 Å². The summed E-state index contributed by atoms with van der Waals surface area (Å²) in [5, 5.41) is 6.66. The van der Waals surface area contributed by atoms with E-state index in [9.17, 15) is 8.42 Å². The van der Waals surface area contributed by atoms with Crippen molar-refractivity contribution < 1.29 is 8.42 Å². The summed E-state index contributed by atoms with van der Waals surface area (Å²) in [6.45, 7) is 2.27. The van der Waals surface area contributed by atoms with Gasteiger partial charge in [0.1, 0.15) is 4.90 Å². The van der Waals surface area contributed by atoms with Crippen LogP contribution >= 0.6 is 11.8 Å². The van der Waals surface area contributed by atoms with Gasteiger partial charge in [0.25, 0.3) is 0 Å². The van der Waals surface area contributed by atoms with Gasteiger partial charge in [0, 0.05) is 17.8 Å². The zero-order valence-electron chi connectivity index (χ0n) is 12.6. The molecule has 4 N–H and O–H groups in total. The van der Waals surface area contributed by atoms with Gasteiger partial charge in [-0.2, -0.15) is 16.9 Å². The molecule has 1 aliphatic rings. The second kappa shape index (κ2) is 6.68. The number of aromatic amines is 1. The molecule has 0 aliphatic heterocycles. The van der Waals surface area contributed by atoms with E-state index in [1.807, 2.05) is 0 Å². The van der Waals surface area contributed by atoms with Gasteiger partial charge in [-0.15, -0.1) is 0 Å². The van der Waals surface area contributed by atoms with Gasteiger partial charge in [-0.1, -0.05) is 19.3 Å². The molecular formula is C13H24N4O2S2. The Morgan fingerprint density at radius 3 is 2.62 bits per heavy atom. The quantitative estimate of drug-likeness (QED) is 0.733. The van der Waals surface area contributed by atoms with Crippen LogP contribution in [0.2, 0.25) is 0 Å². The molecule has 8 heteroatoms. The van der Waals surface area contributed by atoms with E-state index in [2.05, 4.69) is 21.2 Å². The number of nitrogens with one attached hydrogen (secondary N) is 2. The second-order valence-corrected chi connectivity index (χ2v) is 8.58. The van der Waals surface area contributed by atoms with Crippen molar-refractivity contribution in [3.05, 3.63) is 11.4 Å². The number of hydrogen-bond acceptors (Lipinski definition) is 5. The number of aryl methyl sites for hydroxylation is 1. The molecule has 0 saturated heterocycles. The first-order valence-electron chi connectivity index (χ1n) is 7.23. The highest BCUT2D eigenvalue weighted by Gasteiger charge is 2.33. The predicted molar refractivity (Wildman–Crippen MR) is 85.7 cm³/mol. The molecule has 21 heavy (non-hydrogen) atoms. The minimum atomic E-state index is -3.58. The highest BCUT2D eigenvalue weighted by molar-refractivity contribution is 8.00. The number of aromatic nitrogens is 2. The topological polar surface area (TPSA) is 101 Å². The number of nitrogens with zero attached hydrogens (tertiary/aromatic N) is 1. The molecule has 0 aromatic carbocycles. The minimum Gasteiger partial charge on any atom is -0.325 e. The molecule has 1 heterocycles. The highest BCUT2D eigenvalue weighted by atomic mass is 32.2. The Kier molecular flexibility index (Phi) is 5.34. The lowest BCUT2D eigenvalue weighted by Crippen LogP contribution is -2.42. The number of H-pyrrole nitrogens is 1. The van der Waals surface area contributed by atoms with Crippen molar-refractivity contribution in [2.45, 2.75) is 55.2 Å². The van der Waals surface area contributed by atoms with Crippen molar-refractivity contribution in [2.24, 2.45) is 5.73 Å². The monoisotopic (exact) mass is 332 g/mol. The van der Waals surface area contributed by atoms with Crippen molar-refractivity contribution in [1.82, 2.24) is 14.9 Å². The molecule has 0 bridgehead atoms. The summed E-state index contributed by atoms with van der Waals surface area (Å²) in [7, 11) is -3.58. The van der Waals surface area contributed by atoms with Gasteiger partial charge in [0.05, 0.1) is 11.4 Å². The number of thioether (sulfide) groups is 1. The van der Waals surface area contributed by atoms with Gasteiger partial charge in [-0.05, 0) is 26.0 Å². The van der Waals surface area contributed by atoms with Crippen LogP contribution in [0.3, 0.4) is 0 Å². The lowest BCUT2D eigenvalue weighted by atomic mass is 9.88. The van der Waals surface area contributed by atoms with Crippen LogP contribution in [0.1, 0.15) is 43.5 Å². The first kappa shape index (κ1) is 16.8. The molecule has 0 amide bonds. The Morgan fingerprint density at radius 2 is 2.05 bits per heavy atom. The summed E-state index contributed by atoms with van der Waals surface area (Å²) in [5.74, 6) is 0. The molecule has 6 nitrogen and oxygen atoms in total. The SMILES string of the molecule is CSC1(CNS(=O)(=O)c2c(CN)n[nH]c2C)CCCCC1. The van der Waals surface area contributed by atoms with Gasteiger partial charge in [0.15, 0.2) is 0 Å². The fourth-order valence-corrected chi connectivity index (χ4v) is 5.42. The Morgan fingerprint density at radius 1 is 1.38 bits per heavy atom. The van der Waals surface area contributed by atoms with Gasteiger partial charge < -0.3 is 5.73 Å². The second-order valence-electron chi connectivity index (χ2n) is 5.60. The summed E-state index contributed by atoms with van der Waals surface area (Å²) in [5.41, 5.74) is 6.50. The summed E-state index contributed by atoms with van der Waals surface area (Å²) in [6, 6.07) is 0. The standard InChI is InChI=1S/C13H24N4O2S2/c1-10-12(11(8-14)17-16-10)21(18,19)15-9-13(20-2)6-4-3-5-7-13/h15H,3-9,14H2,1-2H3,(H,16,17). The molecule has 0 atom stereocenters. The zero-order valence-corrected chi connectivity index (χ0v) is 14.2. The van der Waals surface area contributed by atoms with Gasteiger partial charge in [-0.3, -0.25) is 5.10 Å². The molecule has 2 rings (SSSR count). The predicted octanol–water partition coefficient (Wildman–Crippen LogP) is 1.52. The number of sulfonamides is 1. The minimum absolute atomic E-state index is 0.0197. The van der Waals surface area contributed by atoms with E-state index >= 15 is 0 Å². The molecule has 0 radical (unpaired) electrons. The van der Waals surface area contributed by atoms with E-state index in [1.165, 1.54) is 19.3 Å². The Bertz CT molecular complexity index is 577. The summed E-state index contributed by atoms with van der Waals surface area (Å²) in [6.07, 6.45) is 7.76. The molecule has 1 fully saturated rings. The molecule has 0 spiro atoms. The fraction of sp³-hybridized carbons (Fsp3) is 0.769. The van der Waals surface area contributed by atoms with Crippen molar-refractivity contribution >= 4 is 21.8 Å². The average Bonchev–Trinajstić information content (AvgIpc) is 2.88. The van der Waals surface area contributed by atoms with Crippen molar-refractivity contribution in [1.29, 1.82) is 0 Å². The third kappa shape index (κ3) is 3.61. The first-order chi connectivity index (χ1) is 9.94. The van der Waals surface area contributed by atoms with Gasteiger partial charge >= 0.3 is 0 Å². The van der Waals surface area contributed by atoms with Crippen LogP contribution < -0.4 is 10.5 Å². The number of hydrogen-bond donors (Lipinski definition) is 3. The largest absolute Gasteiger partial charge is 0.325 e. The van der Waals surface area contributed by atoms with E-state index in [1.54, 1.807) is 18.7 Å². The normalized spacial score (nSPS) is 18.8. The van der Waals surface area contributed by atoms with Crippen molar-refractivity contribution in [2.75, 3.05) is 12.8 Å². The average molecular weight is 332 g/mol. The van der Waals surface area contributed by atoms with Gasteiger partial charge in [0.2, 0.25) is 10.0 Å². The van der Waals surface area contributed by atoms with Crippen molar-refractivity contribution in [3.63, 3.8) is 0 Å². The smallest absolute Gasteiger partial charge is 0.244 e. The van der Waals surface area contributed by atoms with Crippen LogP contribution in [0.15, 0.2) is 4.90 Å². The third-order valence-electron chi connectivity index (χ3n) is 4.21. The van der Waals surface area contributed by atoms with Crippen molar-refractivity contribution in [3.8, 4) is 0 Å². The Hall–Kier alpha value is -0.570. The summed E-state index contributed by atoms with van der Waals surface area (Å²) < 4.78 is 27.9. The lowest BCUT2D eigenvalue weighted by molar-refractivity contribution is 0.395. The number of rotatable bonds is 6. The Labute approximate surface area is 130 Å². The molecule has 1 aromatic rings. The molecule has 1 saturated carbocycles. The molecular weight excluding hydrogens is 308 g/mol. The van der Waals surface area contributed by atoms with Crippen LogP contribution in [0.5, 0.6) is 0 Å². The van der Waals surface area contributed by atoms with Crippen LogP contribution in [0.4, 0.5) is 0 Å². The van der Waals surface area contributed by atoms with E-state index in [0.717, 1.165) is 12.8 Å². The Balaban J connectivity index is 2.15. The first-order valence-corrected chi connectivity index (χ1v) is 9.94. The van der Waals surface area contributed by atoms with E-state index in [-0.39, 0.29) is 16.2 Å². The summed E-state index contributed by atoms with van der Waals surface area (Å²) >= 11 is 1.77. The maximum atomic E-state index is 12.6. The number of nitrogens with two attached hydrogens (primary N) is 1. The third-order valence-corrected chi connectivity index (χ3v) is 7.23. The van der Waals surface area contributed by atoms with E-state index in [4.69, 9.17) is 5.73 Å². The van der Waals surface area contributed by atoms with Crippen LogP contribution in [0.25, 0.3) is 0 Å². The fourth-order valence-electron chi connectivity index (χ4n) is 2.91.